The Bertz CT molecular complexity index is 325. The number of nitrogens with zero attached hydrogens (tertiary/aromatic N) is 3. The maximum atomic E-state index is 5.60. The second kappa shape index (κ2) is 4.02. The van der Waals surface area contributed by atoms with E-state index in [4.69, 9.17) is 5.73 Å². The Morgan fingerprint density at radius 1 is 1.53 bits per heavy atom. The molecule has 1 saturated heterocycles. The van der Waals surface area contributed by atoms with Crippen molar-refractivity contribution in [3.05, 3.63) is 11.8 Å². The van der Waals surface area contributed by atoms with E-state index in [1.165, 1.54) is 0 Å². The topological polar surface area (TPSA) is 67.1 Å². The lowest BCUT2D eigenvalue weighted by Crippen LogP contribution is -2.58. The van der Waals surface area contributed by atoms with Crippen molar-refractivity contribution < 1.29 is 0 Å². The van der Waals surface area contributed by atoms with Crippen molar-refractivity contribution in [2.45, 2.75) is 19.9 Å². The van der Waals surface area contributed by atoms with Gasteiger partial charge in [-0.15, -0.1) is 0 Å². The van der Waals surface area contributed by atoms with Gasteiger partial charge in [0, 0.05) is 30.9 Å². The van der Waals surface area contributed by atoms with Crippen LogP contribution in [-0.2, 0) is 0 Å². The van der Waals surface area contributed by atoms with E-state index in [-0.39, 0.29) is 0 Å². The summed E-state index contributed by atoms with van der Waals surface area (Å²) in [6, 6.07) is 2.56. The number of nitrogens with two attached hydrogens (primary N) is 1. The Morgan fingerprint density at radius 3 is 2.87 bits per heavy atom. The molecule has 0 saturated carbocycles. The van der Waals surface area contributed by atoms with Crippen LogP contribution in [0.15, 0.2) is 6.07 Å². The summed E-state index contributed by atoms with van der Waals surface area (Å²) in [4.78, 5) is 10.5. The second-order valence-electron chi connectivity index (χ2n) is 3.89. The van der Waals surface area contributed by atoms with Crippen LogP contribution in [0.5, 0.6) is 0 Å². The first-order valence-corrected chi connectivity index (χ1v) is 5.28. The normalized spacial score (nSPS) is 16.5. The minimum atomic E-state index is 0.358. The van der Waals surface area contributed by atoms with Crippen LogP contribution in [0.25, 0.3) is 0 Å². The van der Waals surface area contributed by atoms with E-state index < -0.39 is 0 Å². The predicted octanol–water partition coefficient (Wildman–Crippen LogP) is 0.165. The third-order valence-electron chi connectivity index (χ3n) is 2.56. The highest BCUT2D eigenvalue weighted by molar-refractivity contribution is 5.46. The third kappa shape index (κ3) is 2.18. The Kier molecular flexibility index (Phi) is 2.73. The lowest BCUT2D eigenvalue weighted by Gasteiger charge is -2.40. The monoisotopic (exact) mass is 207 g/mol. The third-order valence-corrected chi connectivity index (χ3v) is 2.56. The van der Waals surface area contributed by atoms with Crippen LogP contribution in [0.2, 0.25) is 0 Å². The minimum Gasteiger partial charge on any atom is -0.368 e. The number of aryl methyl sites for hydroxylation is 1. The SMILES string of the molecule is CCNC1CN(c2cc(C)nc(N)n2)C1. The van der Waals surface area contributed by atoms with Gasteiger partial charge in [0.15, 0.2) is 0 Å². The number of hydrogen-bond acceptors (Lipinski definition) is 5. The highest BCUT2D eigenvalue weighted by Gasteiger charge is 2.26. The molecule has 2 rings (SSSR count). The van der Waals surface area contributed by atoms with Gasteiger partial charge in [-0.05, 0) is 13.5 Å². The van der Waals surface area contributed by atoms with Crippen molar-refractivity contribution in [2.24, 2.45) is 0 Å². The van der Waals surface area contributed by atoms with Crippen molar-refractivity contribution in [1.29, 1.82) is 0 Å². The maximum absolute atomic E-state index is 5.60. The first-order chi connectivity index (χ1) is 7.19. The quantitative estimate of drug-likeness (QED) is 0.739. The van der Waals surface area contributed by atoms with Gasteiger partial charge in [-0.25, -0.2) is 4.98 Å². The highest BCUT2D eigenvalue weighted by atomic mass is 15.3. The Labute approximate surface area is 89.7 Å². The smallest absolute Gasteiger partial charge is 0.222 e. The summed E-state index contributed by atoms with van der Waals surface area (Å²) < 4.78 is 0. The molecule has 82 valence electrons. The fourth-order valence-corrected chi connectivity index (χ4v) is 1.82. The van der Waals surface area contributed by atoms with Crippen molar-refractivity contribution in [3.8, 4) is 0 Å². The van der Waals surface area contributed by atoms with E-state index in [0.29, 0.717) is 12.0 Å². The van der Waals surface area contributed by atoms with Crippen molar-refractivity contribution in [2.75, 3.05) is 30.3 Å². The number of nitrogen functional groups attached to an aromatic ring is 1. The van der Waals surface area contributed by atoms with Gasteiger partial charge in [0.25, 0.3) is 0 Å². The lowest BCUT2D eigenvalue weighted by molar-refractivity contribution is 0.426. The molecular formula is C10H17N5. The van der Waals surface area contributed by atoms with Crippen LogP contribution in [-0.4, -0.2) is 35.6 Å². The average Bonchev–Trinajstić information content (AvgIpc) is 2.08. The second-order valence-corrected chi connectivity index (χ2v) is 3.89. The molecule has 5 heteroatoms. The van der Waals surface area contributed by atoms with Crippen LogP contribution in [0, 0.1) is 6.92 Å². The molecule has 0 amide bonds. The molecule has 1 fully saturated rings. The molecule has 2 heterocycles. The molecule has 0 unspecified atom stereocenters. The van der Waals surface area contributed by atoms with Crippen LogP contribution in [0.4, 0.5) is 11.8 Å². The molecule has 1 aromatic heterocycles. The van der Waals surface area contributed by atoms with Gasteiger partial charge < -0.3 is 16.0 Å². The van der Waals surface area contributed by atoms with Crippen LogP contribution in [0.1, 0.15) is 12.6 Å². The Balaban J connectivity index is 2.00. The first kappa shape index (κ1) is 10.2. The molecule has 1 aliphatic heterocycles. The van der Waals surface area contributed by atoms with Gasteiger partial charge in [0.1, 0.15) is 5.82 Å². The van der Waals surface area contributed by atoms with Crippen molar-refractivity contribution >= 4 is 11.8 Å². The molecule has 1 aromatic rings. The maximum Gasteiger partial charge on any atom is 0.222 e. The zero-order chi connectivity index (χ0) is 10.8. The summed E-state index contributed by atoms with van der Waals surface area (Å²) in [5.41, 5.74) is 6.53. The number of anilines is 2. The van der Waals surface area contributed by atoms with Gasteiger partial charge in [0.05, 0.1) is 0 Å². The number of likely N-dealkylation sites (N-methyl/N-ethyl adjacent to an activating group) is 1. The largest absolute Gasteiger partial charge is 0.368 e. The van der Waals surface area contributed by atoms with Gasteiger partial charge in [-0.3, -0.25) is 0 Å². The molecule has 3 N–H and O–H groups in total. The Morgan fingerprint density at radius 2 is 2.27 bits per heavy atom. The molecular weight excluding hydrogens is 190 g/mol. The highest BCUT2D eigenvalue weighted by Crippen LogP contribution is 2.19. The molecule has 0 atom stereocenters. The van der Waals surface area contributed by atoms with E-state index in [1.807, 2.05) is 13.0 Å². The van der Waals surface area contributed by atoms with E-state index in [2.05, 4.69) is 27.1 Å². The summed E-state index contributed by atoms with van der Waals surface area (Å²) in [7, 11) is 0. The Hall–Kier alpha value is -1.36. The van der Waals surface area contributed by atoms with Gasteiger partial charge in [0.2, 0.25) is 5.95 Å². The van der Waals surface area contributed by atoms with Gasteiger partial charge in [-0.1, -0.05) is 6.92 Å². The molecule has 0 spiro atoms. The van der Waals surface area contributed by atoms with E-state index >= 15 is 0 Å². The first-order valence-electron chi connectivity index (χ1n) is 5.28. The molecule has 0 radical (unpaired) electrons. The zero-order valence-electron chi connectivity index (χ0n) is 9.20. The fraction of sp³-hybridized carbons (Fsp3) is 0.600. The fourth-order valence-electron chi connectivity index (χ4n) is 1.82. The lowest BCUT2D eigenvalue weighted by atomic mass is 10.1. The van der Waals surface area contributed by atoms with Crippen molar-refractivity contribution in [3.63, 3.8) is 0 Å². The summed E-state index contributed by atoms with van der Waals surface area (Å²) in [5, 5.41) is 3.39. The molecule has 15 heavy (non-hydrogen) atoms. The number of hydrogen-bond donors (Lipinski definition) is 2. The van der Waals surface area contributed by atoms with Crippen LogP contribution >= 0.6 is 0 Å². The molecule has 0 aliphatic carbocycles. The van der Waals surface area contributed by atoms with E-state index in [1.54, 1.807) is 0 Å². The number of aromatic nitrogens is 2. The van der Waals surface area contributed by atoms with Gasteiger partial charge in [-0.2, -0.15) is 4.98 Å². The zero-order valence-corrected chi connectivity index (χ0v) is 9.20. The minimum absolute atomic E-state index is 0.358. The van der Waals surface area contributed by atoms with E-state index in [0.717, 1.165) is 31.1 Å². The van der Waals surface area contributed by atoms with Crippen LogP contribution < -0.4 is 16.0 Å². The predicted molar refractivity (Wildman–Crippen MR) is 60.9 cm³/mol. The standard InChI is InChI=1S/C10H17N5/c1-3-12-8-5-15(6-8)9-4-7(2)13-10(11)14-9/h4,8,12H,3,5-6H2,1-2H3,(H2,11,13,14). The van der Waals surface area contributed by atoms with Crippen molar-refractivity contribution in [1.82, 2.24) is 15.3 Å². The summed E-state index contributed by atoms with van der Waals surface area (Å²) in [6.07, 6.45) is 0. The van der Waals surface area contributed by atoms with Gasteiger partial charge >= 0.3 is 0 Å². The summed E-state index contributed by atoms with van der Waals surface area (Å²) in [6.45, 7) is 7.08. The number of rotatable bonds is 3. The molecule has 0 aromatic carbocycles. The average molecular weight is 207 g/mol. The van der Waals surface area contributed by atoms with E-state index in [9.17, 15) is 0 Å². The number of nitrogens with one attached hydrogen (secondary N) is 1. The summed E-state index contributed by atoms with van der Waals surface area (Å²) >= 11 is 0. The summed E-state index contributed by atoms with van der Waals surface area (Å²) in [5.74, 6) is 1.30. The molecule has 0 bridgehead atoms. The molecule has 1 aliphatic rings. The van der Waals surface area contributed by atoms with Crippen LogP contribution in [0.3, 0.4) is 0 Å². The molecule has 5 nitrogen and oxygen atoms in total.